The minimum atomic E-state index is -1.41. The lowest BCUT2D eigenvalue weighted by atomic mass is 9.93. The predicted molar refractivity (Wildman–Crippen MR) is 114 cm³/mol. The topological polar surface area (TPSA) is 113 Å². The molecule has 1 aromatic rings. The van der Waals surface area contributed by atoms with E-state index >= 15 is 0 Å². The third-order valence-corrected chi connectivity index (χ3v) is 5.83. The number of hydrogen-bond donors (Lipinski definition) is 0. The van der Waals surface area contributed by atoms with Crippen LogP contribution >= 0.6 is 15.9 Å². The first-order valence-electron chi connectivity index (χ1n) is 9.74. The SMILES string of the molecule is COC(=O)C1=C(C(=O)OC)C(C(=O)OC)n2cc(Br)cc2C(N2CCCC2)=C1C(=O)OC. The highest BCUT2D eigenvalue weighted by molar-refractivity contribution is 9.10. The van der Waals surface area contributed by atoms with Crippen molar-refractivity contribution in [1.29, 1.82) is 0 Å². The molecule has 172 valence electrons. The molecule has 1 fully saturated rings. The number of hydrogen-bond acceptors (Lipinski definition) is 9. The van der Waals surface area contributed by atoms with Crippen LogP contribution in [0.2, 0.25) is 0 Å². The summed E-state index contributed by atoms with van der Waals surface area (Å²) in [5, 5.41) is 0. The van der Waals surface area contributed by atoms with Crippen molar-refractivity contribution in [3.05, 3.63) is 39.1 Å². The number of fused-ring (bicyclic) bond motifs is 1. The van der Waals surface area contributed by atoms with Crippen LogP contribution < -0.4 is 0 Å². The molecule has 1 aromatic heterocycles. The molecule has 10 nitrogen and oxygen atoms in total. The van der Waals surface area contributed by atoms with Gasteiger partial charge in [0, 0.05) is 23.8 Å². The molecular formula is C21H23BrN2O8. The van der Waals surface area contributed by atoms with Crippen LogP contribution in [0.4, 0.5) is 0 Å². The number of halogens is 1. The molecule has 2 aliphatic heterocycles. The fourth-order valence-electron chi connectivity index (χ4n) is 4.05. The summed E-state index contributed by atoms with van der Waals surface area (Å²) in [5.41, 5.74) is -0.184. The molecule has 1 saturated heterocycles. The molecule has 0 saturated carbocycles. The van der Waals surface area contributed by atoms with Crippen molar-refractivity contribution in [1.82, 2.24) is 9.47 Å². The van der Waals surface area contributed by atoms with Gasteiger partial charge in [-0.2, -0.15) is 0 Å². The Morgan fingerprint density at radius 2 is 1.44 bits per heavy atom. The number of nitrogens with zero attached hydrogens (tertiary/aromatic N) is 2. The fraction of sp³-hybridized carbons (Fsp3) is 0.429. The second-order valence-electron chi connectivity index (χ2n) is 7.06. The van der Waals surface area contributed by atoms with Gasteiger partial charge in [-0.05, 0) is 34.8 Å². The van der Waals surface area contributed by atoms with Crippen molar-refractivity contribution in [2.45, 2.75) is 18.9 Å². The van der Waals surface area contributed by atoms with Crippen molar-refractivity contribution in [2.24, 2.45) is 0 Å². The van der Waals surface area contributed by atoms with E-state index in [4.69, 9.17) is 18.9 Å². The van der Waals surface area contributed by atoms with E-state index in [9.17, 15) is 19.2 Å². The van der Waals surface area contributed by atoms with Crippen LogP contribution in [-0.2, 0) is 38.1 Å². The molecule has 11 heteroatoms. The molecular weight excluding hydrogens is 488 g/mol. The second-order valence-corrected chi connectivity index (χ2v) is 7.97. The number of esters is 4. The van der Waals surface area contributed by atoms with E-state index in [-0.39, 0.29) is 11.1 Å². The van der Waals surface area contributed by atoms with E-state index < -0.39 is 35.5 Å². The summed E-state index contributed by atoms with van der Waals surface area (Å²) in [6, 6.07) is 0.282. The molecule has 0 bridgehead atoms. The molecule has 0 radical (unpaired) electrons. The van der Waals surface area contributed by atoms with Crippen LogP contribution in [0, 0.1) is 0 Å². The molecule has 1 unspecified atom stereocenters. The summed E-state index contributed by atoms with van der Waals surface area (Å²) in [5.74, 6) is -3.66. The average molecular weight is 511 g/mol. The van der Waals surface area contributed by atoms with Crippen LogP contribution in [0.25, 0.3) is 5.70 Å². The minimum absolute atomic E-state index is 0.181. The fourth-order valence-corrected chi connectivity index (χ4v) is 4.49. The second kappa shape index (κ2) is 9.60. The largest absolute Gasteiger partial charge is 0.467 e. The Bertz CT molecular complexity index is 1030. The van der Waals surface area contributed by atoms with Crippen LogP contribution in [0.3, 0.4) is 0 Å². The van der Waals surface area contributed by atoms with Crippen LogP contribution in [0.5, 0.6) is 0 Å². The van der Waals surface area contributed by atoms with E-state index in [2.05, 4.69) is 15.9 Å². The van der Waals surface area contributed by atoms with Gasteiger partial charge in [0.25, 0.3) is 0 Å². The summed E-state index contributed by atoms with van der Waals surface area (Å²) in [7, 11) is 4.55. The molecule has 32 heavy (non-hydrogen) atoms. The van der Waals surface area contributed by atoms with Gasteiger partial charge >= 0.3 is 23.9 Å². The van der Waals surface area contributed by atoms with Gasteiger partial charge in [-0.15, -0.1) is 0 Å². The van der Waals surface area contributed by atoms with Gasteiger partial charge < -0.3 is 28.4 Å². The monoisotopic (exact) mass is 510 g/mol. The third-order valence-electron chi connectivity index (χ3n) is 5.40. The lowest BCUT2D eigenvalue weighted by molar-refractivity contribution is -0.147. The minimum Gasteiger partial charge on any atom is -0.467 e. The molecule has 3 rings (SSSR count). The maximum absolute atomic E-state index is 13.1. The molecule has 0 spiro atoms. The number of methoxy groups -OCH3 is 4. The van der Waals surface area contributed by atoms with Crippen LogP contribution in [-0.4, -0.2) is 74.9 Å². The standard InChI is InChI=1S/C21H23BrN2O8/c1-29-18(25)13-14(19(26)30-2)16(23-7-5-6-8-23)12-9-11(22)10-24(12)17(21(28)32-4)15(13)20(27)31-3/h9-10,17H,5-8H2,1-4H3. The molecule has 0 amide bonds. The molecule has 0 aromatic carbocycles. The summed E-state index contributed by atoms with van der Waals surface area (Å²) in [4.78, 5) is 54.0. The first kappa shape index (κ1) is 23.6. The number of likely N-dealkylation sites (tertiary alicyclic amines) is 1. The van der Waals surface area contributed by atoms with E-state index in [1.807, 2.05) is 4.90 Å². The molecule has 3 heterocycles. The lowest BCUT2D eigenvalue weighted by Crippen LogP contribution is -2.30. The Hall–Kier alpha value is -3.08. The van der Waals surface area contributed by atoms with Crippen molar-refractivity contribution >= 4 is 45.5 Å². The van der Waals surface area contributed by atoms with E-state index in [0.29, 0.717) is 29.0 Å². The highest BCUT2D eigenvalue weighted by Gasteiger charge is 2.45. The average Bonchev–Trinajstić information content (AvgIpc) is 3.44. The molecule has 1 atom stereocenters. The summed E-state index contributed by atoms with van der Waals surface area (Å²) in [6.07, 6.45) is 3.30. The Morgan fingerprint density at radius 3 is 1.97 bits per heavy atom. The summed E-state index contributed by atoms with van der Waals surface area (Å²) >= 11 is 3.40. The van der Waals surface area contributed by atoms with Gasteiger partial charge in [0.2, 0.25) is 0 Å². The molecule has 0 N–H and O–H groups in total. The van der Waals surface area contributed by atoms with E-state index in [1.165, 1.54) is 11.7 Å². The van der Waals surface area contributed by atoms with Crippen molar-refractivity contribution in [3.63, 3.8) is 0 Å². The normalized spacial score (nSPS) is 18.2. The smallest absolute Gasteiger partial charge is 0.340 e. The lowest BCUT2D eigenvalue weighted by Gasteiger charge is -2.25. The third kappa shape index (κ3) is 3.92. The number of carbonyl (C=O) groups is 4. The number of ether oxygens (including phenoxy) is 4. The summed E-state index contributed by atoms with van der Waals surface area (Å²) < 4.78 is 21.9. The Kier molecular flexibility index (Phi) is 7.07. The van der Waals surface area contributed by atoms with Gasteiger partial charge in [-0.1, -0.05) is 0 Å². The molecule has 0 aliphatic carbocycles. The van der Waals surface area contributed by atoms with Crippen LogP contribution in [0.1, 0.15) is 24.6 Å². The van der Waals surface area contributed by atoms with E-state index in [0.717, 1.165) is 34.2 Å². The maximum Gasteiger partial charge on any atom is 0.340 e. The zero-order valence-electron chi connectivity index (χ0n) is 18.1. The molecule has 2 aliphatic rings. The number of rotatable bonds is 5. The first-order valence-corrected chi connectivity index (χ1v) is 10.5. The first-order chi connectivity index (χ1) is 15.3. The predicted octanol–water partition coefficient (Wildman–Crippen LogP) is 1.60. The van der Waals surface area contributed by atoms with Gasteiger partial charge in [0.05, 0.1) is 51.0 Å². The van der Waals surface area contributed by atoms with Crippen LogP contribution in [0.15, 0.2) is 33.5 Å². The quantitative estimate of drug-likeness (QED) is 0.430. The maximum atomic E-state index is 13.1. The number of carbonyl (C=O) groups excluding carboxylic acids is 4. The van der Waals surface area contributed by atoms with Gasteiger partial charge in [-0.25, -0.2) is 19.2 Å². The highest BCUT2D eigenvalue weighted by atomic mass is 79.9. The highest BCUT2D eigenvalue weighted by Crippen LogP contribution is 2.42. The number of aromatic nitrogens is 1. The Balaban J connectivity index is 2.56. The Morgan fingerprint density at radius 1 is 0.875 bits per heavy atom. The van der Waals surface area contributed by atoms with Crippen molar-refractivity contribution < 1.29 is 38.1 Å². The Labute approximate surface area is 192 Å². The zero-order valence-corrected chi connectivity index (χ0v) is 19.7. The van der Waals surface area contributed by atoms with Crippen molar-refractivity contribution in [3.8, 4) is 0 Å². The summed E-state index contributed by atoms with van der Waals surface area (Å²) in [6.45, 7) is 1.20. The van der Waals surface area contributed by atoms with Crippen molar-refractivity contribution in [2.75, 3.05) is 41.5 Å². The zero-order chi connectivity index (χ0) is 23.6. The van der Waals surface area contributed by atoms with Gasteiger partial charge in [0.15, 0.2) is 6.04 Å². The van der Waals surface area contributed by atoms with E-state index in [1.54, 1.807) is 12.3 Å². The van der Waals surface area contributed by atoms with Gasteiger partial charge in [0.1, 0.15) is 5.57 Å². The van der Waals surface area contributed by atoms with Gasteiger partial charge in [-0.3, -0.25) is 0 Å².